The molecule has 5 rings (SSSR count). The molecule has 132 valence electrons. The summed E-state index contributed by atoms with van der Waals surface area (Å²) in [5.41, 5.74) is 6.29. The second-order valence-electron chi connectivity index (χ2n) is 6.76. The summed E-state index contributed by atoms with van der Waals surface area (Å²) in [4.78, 5) is 0. The van der Waals surface area contributed by atoms with Crippen LogP contribution in [0.3, 0.4) is 0 Å². The highest BCUT2D eigenvalue weighted by Crippen LogP contribution is 2.35. The predicted molar refractivity (Wildman–Crippen MR) is 119 cm³/mol. The van der Waals surface area contributed by atoms with E-state index in [2.05, 4.69) is 99.4 Å². The molecular formula is C25H15BrN2. The van der Waals surface area contributed by atoms with Crippen LogP contribution in [0, 0.1) is 11.3 Å². The summed E-state index contributed by atoms with van der Waals surface area (Å²) in [6.45, 7) is 0. The number of rotatable bonds is 2. The maximum atomic E-state index is 9.30. The van der Waals surface area contributed by atoms with Crippen molar-refractivity contribution in [2.75, 3.05) is 0 Å². The number of nitriles is 1. The number of hydrogen-bond acceptors (Lipinski definition) is 1. The molecule has 0 aliphatic rings. The van der Waals surface area contributed by atoms with Crippen LogP contribution in [-0.4, -0.2) is 4.57 Å². The van der Waals surface area contributed by atoms with E-state index in [1.54, 1.807) is 0 Å². The molecule has 1 aromatic heterocycles. The largest absolute Gasteiger partial charge is 0.309 e. The monoisotopic (exact) mass is 422 g/mol. The van der Waals surface area contributed by atoms with E-state index in [0.29, 0.717) is 5.56 Å². The molecule has 0 bridgehead atoms. The molecule has 28 heavy (non-hydrogen) atoms. The molecule has 4 aromatic carbocycles. The smallest absolute Gasteiger partial charge is 0.0992 e. The molecule has 0 amide bonds. The van der Waals surface area contributed by atoms with Gasteiger partial charge < -0.3 is 4.57 Å². The Labute approximate surface area is 171 Å². The third-order valence-electron chi connectivity index (χ3n) is 5.05. The number of para-hydroxylation sites is 2. The lowest BCUT2D eigenvalue weighted by Crippen LogP contribution is -1.92. The first-order valence-electron chi connectivity index (χ1n) is 9.04. The van der Waals surface area contributed by atoms with Crippen molar-refractivity contribution in [3.63, 3.8) is 0 Å². The van der Waals surface area contributed by atoms with Crippen molar-refractivity contribution >= 4 is 37.7 Å². The second kappa shape index (κ2) is 6.67. The van der Waals surface area contributed by atoms with E-state index in [1.165, 1.54) is 21.8 Å². The Morgan fingerprint density at radius 1 is 0.679 bits per heavy atom. The number of fused-ring (bicyclic) bond motifs is 3. The van der Waals surface area contributed by atoms with Crippen molar-refractivity contribution in [3.8, 4) is 22.9 Å². The summed E-state index contributed by atoms with van der Waals surface area (Å²) in [6.07, 6.45) is 0. The van der Waals surface area contributed by atoms with Crippen LogP contribution in [-0.2, 0) is 0 Å². The molecule has 0 spiro atoms. The zero-order chi connectivity index (χ0) is 19.1. The number of nitrogens with zero attached hydrogens (tertiary/aromatic N) is 2. The Morgan fingerprint density at radius 3 is 2.25 bits per heavy atom. The van der Waals surface area contributed by atoms with E-state index in [1.807, 2.05) is 18.2 Å². The summed E-state index contributed by atoms with van der Waals surface area (Å²) in [6, 6.07) is 33.5. The minimum absolute atomic E-state index is 0.649. The van der Waals surface area contributed by atoms with Crippen LogP contribution >= 0.6 is 15.9 Å². The van der Waals surface area contributed by atoms with Gasteiger partial charge in [0.15, 0.2) is 0 Å². The fourth-order valence-electron chi connectivity index (χ4n) is 3.83. The molecule has 0 saturated heterocycles. The minimum Gasteiger partial charge on any atom is -0.309 e. The lowest BCUT2D eigenvalue weighted by atomic mass is 10.0. The Kier molecular flexibility index (Phi) is 4.00. The first-order valence-corrected chi connectivity index (χ1v) is 9.83. The van der Waals surface area contributed by atoms with Crippen molar-refractivity contribution in [1.29, 1.82) is 5.26 Å². The molecule has 0 aliphatic carbocycles. The normalized spacial score (nSPS) is 11.0. The summed E-state index contributed by atoms with van der Waals surface area (Å²) < 4.78 is 3.21. The second-order valence-corrected chi connectivity index (χ2v) is 7.68. The van der Waals surface area contributed by atoms with Crippen LogP contribution in [0.2, 0.25) is 0 Å². The van der Waals surface area contributed by atoms with E-state index in [-0.39, 0.29) is 0 Å². The highest BCUT2D eigenvalue weighted by molar-refractivity contribution is 9.10. The van der Waals surface area contributed by atoms with Crippen molar-refractivity contribution in [2.24, 2.45) is 0 Å². The fraction of sp³-hybridized carbons (Fsp3) is 0. The molecule has 2 nitrogen and oxygen atoms in total. The third kappa shape index (κ3) is 2.70. The van der Waals surface area contributed by atoms with Crippen molar-refractivity contribution in [3.05, 3.63) is 101 Å². The molecule has 0 aliphatic heterocycles. The third-order valence-corrected chi connectivity index (χ3v) is 5.51. The van der Waals surface area contributed by atoms with Gasteiger partial charge in [-0.2, -0.15) is 5.26 Å². The lowest BCUT2D eigenvalue weighted by Gasteiger charge is -2.08. The summed E-state index contributed by atoms with van der Waals surface area (Å²) in [5.74, 6) is 0. The van der Waals surface area contributed by atoms with Gasteiger partial charge in [-0.15, -0.1) is 0 Å². The van der Waals surface area contributed by atoms with Crippen LogP contribution < -0.4 is 0 Å². The highest BCUT2D eigenvalue weighted by Gasteiger charge is 2.13. The molecule has 0 unspecified atom stereocenters. The zero-order valence-corrected chi connectivity index (χ0v) is 16.5. The first-order chi connectivity index (χ1) is 13.7. The van der Waals surface area contributed by atoms with E-state index < -0.39 is 0 Å². The number of benzene rings is 4. The van der Waals surface area contributed by atoms with E-state index in [9.17, 15) is 5.26 Å². The van der Waals surface area contributed by atoms with E-state index >= 15 is 0 Å². The quantitative estimate of drug-likeness (QED) is 0.298. The first kappa shape index (κ1) is 16.8. The van der Waals surface area contributed by atoms with Crippen LogP contribution in [0.4, 0.5) is 0 Å². The van der Waals surface area contributed by atoms with Crippen LogP contribution in [0.1, 0.15) is 5.56 Å². The number of aromatic nitrogens is 1. The van der Waals surface area contributed by atoms with Crippen molar-refractivity contribution in [1.82, 2.24) is 4.57 Å². The molecule has 0 atom stereocenters. The number of halogens is 1. The van der Waals surface area contributed by atoms with E-state index in [0.717, 1.165) is 21.3 Å². The average Bonchev–Trinajstić information content (AvgIpc) is 3.07. The Balaban J connectivity index is 1.81. The summed E-state index contributed by atoms with van der Waals surface area (Å²) >= 11 is 3.52. The predicted octanol–water partition coefficient (Wildman–Crippen LogP) is 7.08. The van der Waals surface area contributed by atoms with Crippen molar-refractivity contribution in [2.45, 2.75) is 0 Å². The van der Waals surface area contributed by atoms with Gasteiger partial charge in [0.1, 0.15) is 0 Å². The molecule has 5 aromatic rings. The topological polar surface area (TPSA) is 28.7 Å². The molecule has 1 heterocycles. The maximum Gasteiger partial charge on any atom is 0.0992 e. The molecule has 0 saturated carbocycles. The van der Waals surface area contributed by atoms with Gasteiger partial charge >= 0.3 is 0 Å². The van der Waals surface area contributed by atoms with Gasteiger partial charge in [0.25, 0.3) is 0 Å². The SMILES string of the molecule is N#Cc1cc(Br)cc(-c2ccc3c(c2)c2ccccc2n3-c2ccccc2)c1. The van der Waals surface area contributed by atoms with Crippen LogP contribution in [0.25, 0.3) is 38.6 Å². The van der Waals surface area contributed by atoms with Gasteiger partial charge in [-0.3, -0.25) is 0 Å². The average molecular weight is 423 g/mol. The maximum absolute atomic E-state index is 9.30. The highest BCUT2D eigenvalue weighted by atomic mass is 79.9. The molecule has 0 radical (unpaired) electrons. The van der Waals surface area contributed by atoms with Gasteiger partial charge in [-0.05, 0) is 59.7 Å². The Bertz CT molecular complexity index is 1370. The molecule has 0 N–H and O–H groups in total. The van der Waals surface area contributed by atoms with Crippen LogP contribution in [0.5, 0.6) is 0 Å². The zero-order valence-electron chi connectivity index (χ0n) is 14.9. The van der Waals surface area contributed by atoms with E-state index in [4.69, 9.17) is 0 Å². The summed E-state index contributed by atoms with van der Waals surface area (Å²) in [7, 11) is 0. The lowest BCUT2D eigenvalue weighted by molar-refractivity contribution is 1.18. The molecular weight excluding hydrogens is 408 g/mol. The van der Waals surface area contributed by atoms with Gasteiger partial charge in [0.05, 0.1) is 22.7 Å². The van der Waals surface area contributed by atoms with Gasteiger partial charge in [0.2, 0.25) is 0 Å². The Hall–Kier alpha value is -3.35. The van der Waals surface area contributed by atoms with Crippen molar-refractivity contribution < 1.29 is 0 Å². The molecule has 0 fully saturated rings. The van der Waals surface area contributed by atoms with Crippen LogP contribution in [0.15, 0.2) is 95.5 Å². The molecule has 3 heteroatoms. The van der Waals surface area contributed by atoms with Gasteiger partial charge in [-0.25, -0.2) is 0 Å². The fourth-order valence-corrected chi connectivity index (χ4v) is 4.32. The van der Waals surface area contributed by atoms with Gasteiger partial charge in [-0.1, -0.05) is 58.4 Å². The van der Waals surface area contributed by atoms with Gasteiger partial charge in [0, 0.05) is 20.9 Å². The minimum atomic E-state index is 0.649. The summed E-state index contributed by atoms with van der Waals surface area (Å²) in [5, 5.41) is 11.7. The number of hydrogen-bond donors (Lipinski definition) is 0. The standard InChI is InChI=1S/C25H15BrN2/c26-20-13-17(16-27)12-19(14-20)18-10-11-25-23(15-18)22-8-4-5-9-24(22)28(25)21-6-2-1-3-7-21/h1-15H. The Morgan fingerprint density at radius 2 is 1.43 bits per heavy atom.